The number of nitrogens with two attached hydrogens (primary N) is 1. The molecule has 3 N–H and O–H groups in total. The summed E-state index contributed by atoms with van der Waals surface area (Å²) in [4.78, 5) is 0. The van der Waals surface area contributed by atoms with Crippen molar-refractivity contribution in [2.45, 2.75) is 33.2 Å². The maximum absolute atomic E-state index is 9.67. The third-order valence-electron chi connectivity index (χ3n) is 2.36. The molecule has 2 nitrogen and oxygen atoms in total. The average molecular weight is 179 g/mol. The molecule has 0 saturated heterocycles. The fourth-order valence-electron chi connectivity index (χ4n) is 1.61. The highest BCUT2D eigenvalue weighted by Crippen LogP contribution is 2.31. The molecule has 1 aromatic rings. The maximum atomic E-state index is 9.67. The second kappa shape index (κ2) is 3.04. The van der Waals surface area contributed by atoms with Crippen LogP contribution in [0, 0.1) is 13.8 Å². The van der Waals surface area contributed by atoms with Gasteiger partial charge in [-0.15, -0.1) is 0 Å². The van der Waals surface area contributed by atoms with E-state index in [4.69, 9.17) is 5.73 Å². The Morgan fingerprint density at radius 3 is 2.15 bits per heavy atom. The molecule has 0 bridgehead atoms. The van der Waals surface area contributed by atoms with Crippen LogP contribution in [0.4, 0.5) is 0 Å². The number of benzene rings is 1. The van der Waals surface area contributed by atoms with Crippen LogP contribution in [0.25, 0.3) is 0 Å². The first-order valence-corrected chi connectivity index (χ1v) is 4.42. The molecule has 0 aliphatic rings. The number of hydrogen-bond donors (Lipinski definition) is 2. The Labute approximate surface area is 79.4 Å². The third kappa shape index (κ3) is 1.83. The topological polar surface area (TPSA) is 46.2 Å². The lowest BCUT2D eigenvalue weighted by atomic mass is 9.88. The lowest BCUT2D eigenvalue weighted by Crippen LogP contribution is -2.30. The second-order valence-corrected chi connectivity index (χ2v) is 4.12. The number of hydrogen-bond acceptors (Lipinski definition) is 2. The van der Waals surface area contributed by atoms with Gasteiger partial charge in [-0.25, -0.2) is 0 Å². The summed E-state index contributed by atoms with van der Waals surface area (Å²) < 4.78 is 0. The first-order valence-electron chi connectivity index (χ1n) is 4.42. The molecule has 0 heterocycles. The Morgan fingerprint density at radius 1 is 1.23 bits per heavy atom. The summed E-state index contributed by atoms with van der Waals surface area (Å²) in [6.45, 7) is 7.80. The van der Waals surface area contributed by atoms with Crippen LogP contribution in [0.3, 0.4) is 0 Å². The third-order valence-corrected chi connectivity index (χ3v) is 2.36. The van der Waals surface area contributed by atoms with Crippen molar-refractivity contribution in [3.8, 4) is 5.75 Å². The molecule has 72 valence electrons. The molecule has 0 fully saturated rings. The molecule has 1 aromatic carbocycles. The summed E-state index contributed by atoms with van der Waals surface area (Å²) in [6, 6.07) is 3.60. The molecule has 1 rings (SSSR count). The number of aryl methyl sites for hydroxylation is 1. The largest absolute Gasteiger partial charge is 0.508 e. The van der Waals surface area contributed by atoms with E-state index in [1.807, 2.05) is 33.8 Å². The van der Waals surface area contributed by atoms with Crippen molar-refractivity contribution in [2.75, 3.05) is 0 Å². The zero-order valence-corrected chi connectivity index (χ0v) is 8.68. The summed E-state index contributed by atoms with van der Waals surface area (Å²) >= 11 is 0. The summed E-state index contributed by atoms with van der Waals surface area (Å²) in [5.41, 5.74) is 8.56. The van der Waals surface area contributed by atoms with E-state index in [9.17, 15) is 5.11 Å². The predicted molar refractivity (Wildman–Crippen MR) is 54.8 cm³/mol. The van der Waals surface area contributed by atoms with Gasteiger partial charge in [0.1, 0.15) is 5.75 Å². The van der Waals surface area contributed by atoms with Crippen LogP contribution >= 0.6 is 0 Å². The fraction of sp³-hybridized carbons (Fsp3) is 0.455. The van der Waals surface area contributed by atoms with Crippen molar-refractivity contribution >= 4 is 0 Å². The van der Waals surface area contributed by atoms with Crippen molar-refractivity contribution in [3.05, 3.63) is 28.8 Å². The minimum absolute atomic E-state index is 0.288. The van der Waals surface area contributed by atoms with Crippen LogP contribution in [-0.2, 0) is 5.54 Å². The van der Waals surface area contributed by atoms with Crippen molar-refractivity contribution in [1.29, 1.82) is 0 Å². The normalized spacial score (nSPS) is 11.8. The molecule has 0 radical (unpaired) electrons. The fourth-order valence-corrected chi connectivity index (χ4v) is 1.61. The molecule has 0 aromatic heterocycles. The highest BCUT2D eigenvalue weighted by molar-refractivity contribution is 5.46. The van der Waals surface area contributed by atoms with Gasteiger partial charge in [0.05, 0.1) is 0 Å². The van der Waals surface area contributed by atoms with E-state index in [-0.39, 0.29) is 5.75 Å². The van der Waals surface area contributed by atoms with Gasteiger partial charge in [0.25, 0.3) is 0 Å². The number of phenols is 1. The lowest BCUT2D eigenvalue weighted by Gasteiger charge is -2.23. The smallest absolute Gasteiger partial charge is 0.120 e. The molecule has 13 heavy (non-hydrogen) atoms. The average Bonchev–Trinajstić information content (AvgIpc) is 1.95. The maximum Gasteiger partial charge on any atom is 0.120 e. The Balaban J connectivity index is 3.43. The molecule has 0 aliphatic heterocycles. The lowest BCUT2D eigenvalue weighted by molar-refractivity contribution is 0.438. The van der Waals surface area contributed by atoms with Gasteiger partial charge in [-0.1, -0.05) is 6.07 Å². The Hall–Kier alpha value is -1.02. The van der Waals surface area contributed by atoms with Gasteiger partial charge in [0, 0.05) is 11.1 Å². The SMILES string of the molecule is Cc1ccc(O)c(C(C)(C)N)c1C. The van der Waals surface area contributed by atoms with Gasteiger partial charge in [-0.2, -0.15) is 0 Å². The van der Waals surface area contributed by atoms with Gasteiger partial charge in [0.2, 0.25) is 0 Å². The van der Waals surface area contributed by atoms with Crippen LogP contribution < -0.4 is 5.73 Å². The summed E-state index contributed by atoms with van der Waals surface area (Å²) in [5.74, 6) is 0.288. The van der Waals surface area contributed by atoms with Crippen molar-refractivity contribution in [3.63, 3.8) is 0 Å². The van der Waals surface area contributed by atoms with Crippen LogP contribution in [-0.4, -0.2) is 5.11 Å². The Kier molecular flexibility index (Phi) is 2.35. The van der Waals surface area contributed by atoms with E-state index in [1.54, 1.807) is 6.07 Å². The second-order valence-electron chi connectivity index (χ2n) is 4.12. The van der Waals surface area contributed by atoms with Gasteiger partial charge >= 0.3 is 0 Å². The highest BCUT2D eigenvalue weighted by Gasteiger charge is 2.21. The number of aromatic hydroxyl groups is 1. The van der Waals surface area contributed by atoms with E-state index in [2.05, 4.69) is 0 Å². The van der Waals surface area contributed by atoms with Crippen molar-refractivity contribution in [2.24, 2.45) is 5.73 Å². The Bertz CT molecular complexity index is 324. The molecule has 0 aliphatic carbocycles. The van der Waals surface area contributed by atoms with Crippen molar-refractivity contribution in [1.82, 2.24) is 0 Å². The molecule has 2 heteroatoms. The molecular formula is C11H17NO. The standard InChI is InChI=1S/C11H17NO/c1-7-5-6-9(13)10(8(7)2)11(3,4)12/h5-6,13H,12H2,1-4H3. The molecule has 0 saturated carbocycles. The van der Waals surface area contributed by atoms with Crippen LogP contribution in [0.15, 0.2) is 12.1 Å². The zero-order valence-electron chi connectivity index (χ0n) is 8.68. The van der Waals surface area contributed by atoms with E-state index in [0.29, 0.717) is 0 Å². The quantitative estimate of drug-likeness (QED) is 0.694. The molecule has 0 unspecified atom stereocenters. The van der Waals surface area contributed by atoms with Crippen LogP contribution in [0.1, 0.15) is 30.5 Å². The molecule has 0 amide bonds. The van der Waals surface area contributed by atoms with Crippen molar-refractivity contribution < 1.29 is 5.11 Å². The van der Waals surface area contributed by atoms with Gasteiger partial charge in [-0.05, 0) is 44.9 Å². The summed E-state index contributed by atoms with van der Waals surface area (Å²) in [7, 11) is 0. The zero-order chi connectivity index (χ0) is 10.2. The van der Waals surface area contributed by atoms with Gasteiger partial charge in [-0.3, -0.25) is 0 Å². The van der Waals surface area contributed by atoms with E-state index < -0.39 is 5.54 Å². The van der Waals surface area contributed by atoms with Gasteiger partial charge in [0.15, 0.2) is 0 Å². The molecular weight excluding hydrogens is 162 g/mol. The van der Waals surface area contributed by atoms with E-state index >= 15 is 0 Å². The number of rotatable bonds is 1. The van der Waals surface area contributed by atoms with E-state index in [0.717, 1.165) is 16.7 Å². The van der Waals surface area contributed by atoms with Crippen LogP contribution in [0.2, 0.25) is 0 Å². The van der Waals surface area contributed by atoms with Gasteiger partial charge < -0.3 is 10.8 Å². The minimum atomic E-state index is -0.486. The van der Waals surface area contributed by atoms with Crippen LogP contribution in [0.5, 0.6) is 5.75 Å². The summed E-state index contributed by atoms with van der Waals surface area (Å²) in [6.07, 6.45) is 0. The monoisotopic (exact) mass is 179 g/mol. The summed E-state index contributed by atoms with van der Waals surface area (Å²) in [5, 5.41) is 9.67. The minimum Gasteiger partial charge on any atom is -0.508 e. The first-order chi connectivity index (χ1) is 5.84. The van der Waals surface area contributed by atoms with E-state index in [1.165, 1.54) is 0 Å². The predicted octanol–water partition coefficient (Wildman–Crippen LogP) is 2.20. The molecule has 0 spiro atoms. The highest BCUT2D eigenvalue weighted by atomic mass is 16.3. The number of phenolic OH excluding ortho intramolecular Hbond substituents is 1. The Morgan fingerprint density at radius 2 is 1.77 bits per heavy atom. The molecule has 0 atom stereocenters. The first kappa shape index (κ1) is 10.1.